The van der Waals surface area contributed by atoms with Crippen molar-refractivity contribution in [3.8, 4) is 0 Å². The van der Waals surface area contributed by atoms with Crippen molar-refractivity contribution < 1.29 is 9.53 Å². The van der Waals surface area contributed by atoms with Crippen LogP contribution in [0.15, 0.2) is 0 Å². The number of methoxy groups -OCH3 is 1. The van der Waals surface area contributed by atoms with Crippen molar-refractivity contribution in [2.24, 2.45) is 0 Å². The Kier molecular flexibility index (Phi) is 5.15. The lowest BCUT2D eigenvalue weighted by molar-refractivity contribution is -0.121. The molecule has 2 N–H and O–H groups in total. The van der Waals surface area contributed by atoms with E-state index in [0.717, 1.165) is 0 Å². The molecule has 0 aliphatic carbocycles. The number of rotatable bonds is 4. The zero-order valence-corrected chi connectivity index (χ0v) is 5.73. The predicted molar refractivity (Wildman–Crippen MR) is 33.9 cm³/mol. The lowest BCUT2D eigenvalue weighted by atomic mass is 10.6. The summed E-state index contributed by atoms with van der Waals surface area (Å²) in [6.45, 7) is 0.615. The van der Waals surface area contributed by atoms with Gasteiger partial charge >= 0.3 is 0 Å². The van der Waals surface area contributed by atoms with Crippen molar-refractivity contribution in [1.29, 1.82) is 0 Å². The number of carbonyl (C=O) groups is 1. The second kappa shape index (κ2) is 5.53. The number of hydrogen-bond donors (Lipinski definition) is 2. The summed E-state index contributed by atoms with van der Waals surface area (Å²) in [6.07, 6.45) is 0. The molecular formula is C5H12N2O2. The summed E-state index contributed by atoms with van der Waals surface area (Å²) < 4.78 is 4.60. The smallest absolute Gasteiger partial charge is 0.235 e. The van der Waals surface area contributed by atoms with Gasteiger partial charge < -0.3 is 15.4 Å². The second-order valence-corrected chi connectivity index (χ2v) is 1.56. The zero-order chi connectivity index (χ0) is 7.11. The van der Waals surface area contributed by atoms with E-state index in [1.807, 2.05) is 0 Å². The highest BCUT2D eigenvalue weighted by molar-refractivity contribution is 5.77. The van der Waals surface area contributed by atoms with E-state index in [4.69, 9.17) is 0 Å². The molecule has 1 amide bonds. The monoisotopic (exact) mass is 132 g/mol. The molecule has 0 aromatic carbocycles. The minimum Gasteiger partial charge on any atom is -0.364 e. The molecule has 0 aliphatic heterocycles. The van der Waals surface area contributed by atoms with Crippen LogP contribution in [-0.4, -0.2) is 33.3 Å². The fourth-order valence-corrected chi connectivity index (χ4v) is 0.376. The summed E-state index contributed by atoms with van der Waals surface area (Å²) in [4.78, 5) is 10.5. The standard InChI is InChI=1S/C5H12N2O2/c1-6-3-5(8)7-4-9-2/h6H,3-4H2,1-2H3,(H,7,8). The Morgan fingerprint density at radius 2 is 2.33 bits per heavy atom. The highest BCUT2D eigenvalue weighted by Gasteiger charge is 1.93. The highest BCUT2D eigenvalue weighted by Crippen LogP contribution is 1.62. The molecule has 9 heavy (non-hydrogen) atoms. The Bertz CT molecular complexity index is 85.0. The maximum Gasteiger partial charge on any atom is 0.235 e. The van der Waals surface area contributed by atoms with Crippen LogP contribution in [0.2, 0.25) is 0 Å². The van der Waals surface area contributed by atoms with Crippen LogP contribution in [-0.2, 0) is 9.53 Å². The van der Waals surface area contributed by atoms with Crippen LogP contribution in [0.1, 0.15) is 0 Å². The van der Waals surface area contributed by atoms with Gasteiger partial charge in [0, 0.05) is 7.11 Å². The van der Waals surface area contributed by atoms with Crippen LogP contribution in [0, 0.1) is 0 Å². The van der Waals surface area contributed by atoms with Crippen LogP contribution in [0.25, 0.3) is 0 Å². The molecule has 0 aromatic heterocycles. The van der Waals surface area contributed by atoms with Gasteiger partial charge in [-0.3, -0.25) is 4.79 Å². The molecule has 0 aliphatic rings. The Balaban J connectivity index is 3.06. The molecule has 0 fully saturated rings. The lowest BCUT2D eigenvalue weighted by Crippen LogP contribution is -2.33. The summed E-state index contributed by atoms with van der Waals surface area (Å²) in [7, 11) is 3.24. The number of amides is 1. The van der Waals surface area contributed by atoms with E-state index >= 15 is 0 Å². The Morgan fingerprint density at radius 1 is 1.67 bits per heavy atom. The molecule has 0 spiro atoms. The summed E-state index contributed by atoms with van der Waals surface area (Å²) in [5.74, 6) is -0.0562. The summed E-state index contributed by atoms with van der Waals surface area (Å²) in [6, 6.07) is 0. The molecule has 0 saturated heterocycles. The first kappa shape index (κ1) is 8.39. The first-order valence-electron chi connectivity index (χ1n) is 2.71. The van der Waals surface area contributed by atoms with Gasteiger partial charge in [0.1, 0.15) is 6.73 Å². The second-order valence-electron chi connectivity index (χ2n) is 1.56. The summed E-state index contributed by atoms with van der Waals surface area (Å²) in [5.41, 5.74) is 0. The van der Waals surface area contributed by atoms with Crippen LogP contribution in [0.4, 0.5) is 0 Å². The van der Waals surface area contributed by atoms with Gasteiger partial charge in [-0.1, -0.05) is 0 Å². The van der Waals surface area contributed by atoms with Crippen molar-refractivity contribution in [2.75, 3.05) is 27.4 Å². The van der Waals surface area contributed by atoms with Crippen molar-refractivity contribution in [3.63, 3.8) is 0 Å². The topological polar surface area (TPSA) is 50.4 Å². The summed E-state index contributed by atoms with van der Waals surface area (Å²) in [5, 5.41) is 5.22. The quantitative estimate of drug-likeness (QED) is 0.479. The van der Waals surface area contributed by atoms with Crippen LogP contribution >= 0.6 is 0 Å². The molecule has 0 heterocycles. The third kappa shape index (κ3) is 5.26. The van der Waals surface area contributed by atoms with Crippen LogP contribution in [0.3, 0.4) is 0 Å². The average Bonchev–Trinajstić information content (AvgIpc) is 1.85. The van der Waals surface area contributed by atoms with Gasteiger partial charge in [0.05, 0.1) is 6.54 Å². The molecular weight excluding hydrogens is 120 g/mol. The maximum absolute atomic E-state index is 10.5. The van der Waals surface area contributed by atoms with Gasteiger partial charge in [0.15, 0.2) is 0 Å². The van der Waals surface area contributed by atoms with E-state index in [1.165, 1.54) is 7.11 Å². The molecule has 0 radical (unpaired) electrons. The first-order valence-corrected chi connectivity index (χ1v) is 2.71. The highest BCUT2D eigenvalue weighted by atomic mass is 16.5. The number of likely N-dealkylation sites (N-methyl/N-ethyl adjacent to an activating group) is 1. The van der Waals surface area contributed by atoms with E-state index < -0.39 is 0 Å². The van der Waals surface area contributed by atoms with Crippen molar-refractivity contribution in [3.05, 3.63) is 0 Å². The number of ether oxygens (including phenoxy) is 1. The van der Waals surface area contributed by atoms with E-state index in [0.29, 0.717) is 6.54 Å². The molecule has 54 valence electrons. The number of nitrogens with one attached hydrogen (secondary N) is 2. The van der Waals surface area contributed by atoms with Gasteiger partial charge in [0.25, 0.3) is 0 Å². The number of carbonyl (C=O) groups excluding carboxylic acids is 1. The largest absolute Gasteiger partial charge is 0.364 e. The molecule has 4 heteroatoms. The van der Waals surface area contributed by atoms with Crippen LogP contribution in [0.5, 0.6) is 0 Å². The van der Waals surface area contributed by atoms with Crippen molar-refractivity contribution in [1.82, 2.24) is 10.6 Å². The maximum atomic E-state index is 10.5. The third-order valence-electron chi connectivity index (χ3n) is 0.751. The average molecular weight is 132 g/mol. The van der Waals surface area contributed by atoms with Gasteiger partial charge in [-0.05, 0) is 7.05 Å². The molecule has 0 aromatic rings. The molecule has 0 saturated carbocycles. The van der Waals surface area contributed by atoms with E-state index in [9.17, 15) is 4.79 Å². The molecule has 0 rings (SSSR count). The minimum atomic E-state index is -0.0562. The fraction of sp³-hybridized carbons (Fsp3) is 0.800. The van der Waals surface area contributed by atoms with E-state index in [1.54, 1.807) is 7.05 Å². The van der Waals surface area contributed by atoms with Gasteiger partial charge in [0.2, 0.25) is 5.91 Å². The molecule has 0 atom stereocenters. The Hall–Kier alpha value is -0.610. The normalized spacial score (nSPS) is 9.11. The predicted octanol–water partition coefficient (Wildman–Crippen LogP) is -1.07. The summed E-state index contributed by atoms with van der Waals surface area (Å²) >= 11 is 0. The van der Waals surface area contributed by atoms with Gasteiger partial charge in [-0.25, -0.2) is 0 Å². The molecule has 0 unspecified atom stereocenters. The first-order chi connectivity index (χ1) is 4.31. The number of hydrogen-bond acceptors (Lipinski definition) is 3. The lowest BCUT2D eigenvalue weighted by Gasteiger charge is -2.00. The minimum absolute atomic E-state index is 0.0562. The molecule has 0 bridgehead atoms. The Labute approximate surface area is 54.6 Å². The zero-order valence-electron chi connectivity index (χ0n) is 5.73. The van der Waals surface area contributed by atoms with Crippen molar-refractivity contribution in [2.45, 2.75) is 0 Å². The molecule has 4 nitrogen and oxygen atoms in total. The Morgan fingerprint density at radius 3 is 2.78 bits per heavy atom. The van der Waals surface area contributed by atoms with Gasteiger partial charge in [-0.2, -0.15) is 0 Å². The van der Waals surface area contributed by atoms with Crippen molar-refractivity contribution >= 4 is 5.91 Å². The van der Waals surface area contributed by atoms with E-state index in [-0.39, 0.29) is 12.6 Å². The third-order valence-corrected chi connectivity index (χ3v) is 0.751. The van der Waals surface area contributed by atoms with Gasteiger partial charge in [-0.15, -0.1) is 0 Å². The fourth-order valence-electron chi connectivity index (χ4n) is 0.376. The SMILES string of the molecule is CNCC(=O)NCOC. The van der Waals surface area contributed by atoms with E-state index in [2.05, 4.69) is 15.4 Å². The van der Waals surface area contributed by atoms with Crippen LogP contribution < -0.4 is 10.6 Å².